The number of carbonyl (C=O) groups is 1. The summed E-state index contributed by atoms with van der Waals surface area (Å²) in [7, 11) is 0. The van der Waals surface area contributed by atoms with Crippen molar-refractivity contribution in [3.63, 3.8) is 0 Å². The molecule has 0 atom stereocenters. The van der Waals surface area contributed by atoms with E-state index in [9.17, 15) is 4.79 Å². The lowest BCUT2D eigenvalue weighted by molar-refractivity contribution is -0.136. The summed E-state index contributed by atoms with van der Waals surface area (Å²) in [6, 6.07) is 4.63. The molecule has 0 fully saturated rings. The van der Waals surface area contributed by atoms with E-state index in [1.54, 1.807) is 6.07 Å². The Morgan fingerprint density at radius 1 is 1.69 bits per heavy atom. The van der Waals surface area contributed by atoms with Crippen molar-refractivity contribution in [2.24, 2.45) is 0 Å². The van der Waals surface area contributed by atoms with Gasteiger partial charge in [0.15, 0.2) is 0 Å². The lowest BCUT2D eigenvalue weighted by Gasteiger charge is -1.98. The number of hydrogen-bond acceptors (Lipinski definition) is 4. The van der Waals surface area contributed by atoms with Gasteiger partial charge in [-0.2, -0.15) is 5.26 Å². The summed E-state index contributed by atoms with van der Waals surface area (Å²) in [5, 5.41) is 17.0. The first-order valence-electron chi connectivity index (χ1n) is 3.50. The standard InChI is InChI=1S/C8H7N3O2/c9-4-7-2-5(10)1-6(11-7)3-8(12)13/h1-2H,3H2,(H2,10,11)(H,12,13). The predicted molar refractivity (Wildman–Crippen MR) is 44.7 cm³/mol. The Balaban J connectivity index is 3.03. The van der Waals surface area contributed by atoms with Gasteiger partial charge in [0.2, 0.25) is 0 Å². The Hall–Kier alpha value is -2.09. The third-order valence-corrected chi connectivity index (χ3v) is 1.35. The first-order chi connectivity index (χ1) is 6.11. The fourth-order valence-electron chi connectivity index (χ4n) is 0.914. The van der Waals surface area contributed by atoms with Crippen LogP contribution in [0.5, 0.6) is 0 Å². The Bertz CT molecular complexity index is 381. The van der Waals surface area contributed by atoms with E-state index in [4.69, 9.17) is 16.1 Å². The van der Waals surface area contributed by atoms with E-state index < -0.39 is 5.97 Å². The summed E-state index contributed by atoms with van der Waals surface area (Å²) in [6.07, 6.45) is -0.223. The maximum atomic E-state index is 10.3. The molecular weight excluding hydrogens is 170 g/mol. The molecule has 0 bridgehead atoms. The molecule has 66 valence electrons. The number of anilines is 1. The first-order valence-corrected chi connectivity index (χ1v) is 3.50. The minimum absolute atomic E-state index is 0.135. The summed E-state index contributed by atoms with van der Waals surface area (Å²) in [6.45, 7) is 0. The van der Waals surface area contributed by atoms with E-state index in [0.29, 0.717) is 11.4 Å². The van der Waals surface area contributed by atoms with Crippen LogP contribution in [0, 0.1) is 11.3 Å². The third-order valence-electron chi connectivity index (χ3n) is 1.35. The van der Waals surface area contributed by atoms with E-state index in [2.05, 4.69) is 4.98 Å². The number of aliphatic carboxylic acids is 1. The molecule has 0 amide bonds. The third kappa shape index (κ3) is 2.45. The van der Waals surface area contributed by atoms with E-state index in [-0.39, 0.29) is 12.1 Å². The number of carboxylic acid groups (broad SMARTS) is 1. The maximum absolute atomic E-state index is 10.3. The quantitative estimate of drug-likeness (QED) is 0.670. The molecule has 1 aromatic rings. The van der Waals surface area contributed by atoms with Crippen LogP contribution in [0.4, 0.5) is 5.69 Å². The minimum atomic E-state index is -0.998. The average Bonchev–Trinajstić information content (AvgIpc) is 2.01. The molecule has 0 aliphatic heterocycles. The molecule has 0 radical (unpaired) electrons. The van der Waals surface area contributed by atoms with Crippen LogP contribution in [0.25, 0.3) is 0 Å². The second kappa shape index (κ2) is 3.54. The zero-order chi connectivity index (χ0) is 9.84. The van der Waals surface area contributed by atoms with Crippen LogP contribution in [0.3, 0.4) is 0 Å². The predicted octanol–water partition coefficient (Wildman–Crippen LogP) is 0.163. The molecule has 0 saturated carbocycles. The van der Waals surface area contributed by atoms with Gasteiger partial charge in [-0.1, -0.05) is 0 Å². The summed E-state index contributed by atoms with van der Waals surface area (Å²) in [5.41, 5.74) is 6.21. The van der Waals surface area contributed by atoms with Crippen LogP contribution >= 0.6 is 0 Å². The number of rotatable bonds is 2. The van der Waals surface area contributed by atoms with Crippen molar-refractivity contribution in [3.05, 3.63) is 23.5 Å². The number of hydrogen-bond donors (Lipinski definition) is 2. The second-order valence-corrected chi connectivity index (χ2v) is 2.46. The number of nitrogens with zero attached hydrogens (tertiary/aromatic N) is 2. The van der Waals surface area contributed by atoms with Gasteiger partial charge in [0.05, 0.1) is 12.1 Å². The molecule has 13 heavy (non-hydrogen) atoms. The number of nitrogen functional groups attached to an aromatic ring is 1. The molecule has 0 aliphatic carbocycles. The van der Waals surface area contributed by atoms with Crippen LogP contribution in [-0.2, 0) is 11.2 Å². The zero-order valence-electron chi connectivity index (χ0n) is 6.69. The van der Waals surface area contributed by atoms with Crippen LogP contribution in [0.15, 0.2) is 12.1 Å². The lowest BCUT2D eigenvalue weighted by atomic mass is 10.2. The van der Waals surface area contributed by atoms with Gasteiger partial charge in [0.25, 0.3) is 0 Å². The number of aromatic nitrogens is 1. The molecular formula is C8H7N3O2. The van der Waals surface area contributed by atoms with Gasteiger partial charge in [-0.05, 0) is 12.1 Å². The summed E-state index contributed by atoms with van der Waals surface area (Å²) < 4.78 is 0. The molecule has 1 rings (SSSR count). The van der Waals surface area contributed by atoms with Gasteiger partial charge in [-0.15, -0.1) is 0 Å². The highest BCUT2D eigenvalue weighted by molar-refractivity contribution is 5.70. The molecule has 0 aromatic carbocycles. The molecule has 3 N–H and O–H groups in total. The monoisotopic (exact) mass is 177 g/mol. The number of nitriles is 1. The molecule has 1 aromatic heterocycles. The van der Waals surface area contributed by atoms with Crippen LogP contribution in [0.2, 0.25) is 0 Å². The van der Waals surface area contributed by atoms with Crippen LogP contribution < -0.4 is 5.73 Å². The molecule has 1 heterocycles. The Morgan fingerprint density at radius 3 is 2.92 bits per heavy atom. The topological polar surface area (TPSA) is 100 Å². The van der Waals surface area contributed by atoms with Crippen molar-refractivity contribution < 1.29 is 9.90 Å². The first kappa shape index (κ1) is 9.00. The van der Waals surface area contributed by atoms with E-state index in [1.807, 2.05) is 0 Å². The molecule has 5 nitrogen and oxygen atoms in total. The van der Waals surface area contributed by atoms with Gasteiger partial charge in [-0.25, -0.2) is 4.98 Å². The molecule has 0 saturated heterocycles. The zero-order valence-corrected chi connectivity index (χ0v) is 6.69. The molecule has 0 spiro atoms. The number of nitrogens with two attached hydrogens (primary N) is 1. The van der Waals surface area contributed by atoms with Crippen molar-refractivity contribution in [2.75, 3.05) is 5.73 Å². The van der Waals surface area contributed by atoms with Crippen molar-refractivity contribution in [2.45, 2.75) is 6.42 Å². The van der Waals surface area contributed by atoms with Crippen molar-refractivity contribution in [1.82, 2.24) is 4.98 Å². The summed E-state index contributed by atoms with van der Waals surface area (Å²) in [5.74, 6) is -0.998. The fourth-order valence-corrected chi connectivity index (χ4v) is 0.914. The number of carboxylic acids is 1. The fraction of sp³-hybridized carbons (Fsp3) is 0.125. The Morgan fingerprint density at radius 2 is 2.38 bits per heavy atom. The van der Waals surface area contributed by atoms with Crippen molar-refractivity contribution >= 4 is 11.7 Å². The largest absolute Gasteiger partial charge is 0.481 e. The molecule has 5 heteroatoms. The molecule has 0 unspecified atom stereocenters. The smallest absolute Gasteiger partial charge is 0.309 e. The highest BCUT2D eigenvalue weighted by Crippen LogP contribution is 2.07. The number of pyridine rings is 1. The summed E-state index contributed by atoms with van der Waals surface area (Å²) in [4.78, 5) is 14.1. The minimum Gasteiger partial charge on any atom is -0.481 e. The Kier molecular flexibility index (Phi) is 2.45. The maximum Gasteiger partial charge on any atom is 0.309 e. The van der Waals surface area contributed by atoms with Gasteiger partial charge in [-0.3, -0.25) is 4.79 Å². The van der Waals surface area contributed by atoms with Gasteiger partial charge >= 0.3 is 5.97 Å². The van der Waals surface area contributed by atoms with E-state index in [1.165, 1.54) is 12.1 Å². The van der Waals surface area contributed by atoms with Gasteiger partial charge in [0.1, 0.15) is 11.8 Å². The van der Waals surface area contributed by atoms with Gasteiger partial charge < -0.3 is 10.8 Å². The lowest BCUT2D eigenvalue weighted by Crippen LogP contribution is -2.04. The van der Waals surface area contributed by atoms with Gasteiger partial charge in [0, 0.05) is 5.69 Å². The summed E-state index contributed by atoms with van der Waals surface area (Å²) >= 11 is 0. The average molecular weight is 177 g/mol. The van der Waals surface area contributed by atoms with Crippen molar-refractivity contribution in [3.8, 4) is 6.07 Å². The van der Waals surface area contributed by atoms with Crippen molar-refractivity contribution in [1.29, 1.82) is 5.26 Å². The van der Waals surface area contributed by atoms with Crippen LogP contribution in [-0.4, -0.2) is 16.1 Å². The Labute approximate surface area is 74.4 Å². The highest BCUT2D eigenvalue weighted by atomic mass is 16.4. The van der Waals surface area contributed by atoms with Crippen LogP contribution in [0.1, 0.15) is 11.4 Å². The normalized spacial score (nSPS) is 9.15. The second-order valence-electron chi connectivity index (χ2n) is 2.46. The SMILES string of the molecule is N#Cc1cc(N)cc(CC(=O)O)n1. The highest BCUT2D eigenvalue weighted by Gasteiger charge is 2.04. The molecule has 0 aliphatic rings. The van der Waals surface area contributed by atoms with E-state index >= 15 is 0 Å². The van der Waals surface area contributed by atoms with E-state index in [0.717, 1.165) is 0 Å².